The minimum absolute atomic E-state index is 0.0746. The smallest absolute Gasteiger partial charge is 0.308 e. The molecule has 0 saturated carbocycles. The first-order chi connectivity index (χ1) is 8.69. The summed E-state index contributed by atoms with van der Waals surface area (Å²) in [4.78, 5) is 22.9. The van der Waals surface area contributed by atoms with Crippen LogP contribution in [-0.4, -0.2) is 28.7 Å². The topological polar surface area (TPSA) is 92.4 Å². The van der Waals surface area contributed by atoms with Crippen molar-refractivity contribution in [2.75, 3.05) is 6.54 Å². The van der Waals surface area contributed by atoms with E-state index in [0.29, 0.717) is 12.1 Å². The summed E-state index contributed by atoms with van der Waals surface area (Å²) in [5, 5.41) is 15.3. The summed E-state index contributed by atoms with van der Waals surface area (Å²) in [5.74, 6) is -1.88. The number of hydrogen-bond donors (Lipinski definition) is 2. The van der Waals surface area contributed by atoms with Crippen LogP contribution in [0.3, 0.4) is 0 Å². The van der Waals surface area contributed by atoms with Gasteiger partial charge in [-0.05, 0) is 18.8 Å². The van der Waals surface area contributed by atoms with E-state index < -0.39 is 17.8 Å². The summed E-state index contributed by atoms with van der Waals surface area (Å²) in [6.45, 7) is 7.67. The monoisotopic (exact) mass is 268 g/mol. The van der Waals surface area contributed by atoms with Gasteiger partial charge in [0.25, 0.3) is 5.91 Å². The minimum atomic E-state index is -0.913. The Morgan fingerprint density at radius 1 is 1.47 bits per heavy atom. The molecular formula is C13H20N2O4. The van der Waals surface area contributed by atoms with Crippen LogP contribution in [0.5, 0.6) is 0 Å². The zero-order chi connectivity index (χ0) is 14.6. The van der Waals surface area contributed by atoms with Crippen molar-refractivity contribution in [3.05, 3.63) is 17.5 Å². The molecule has 0 aliphatic carbocycles. The van der Waals surface area contributed by atoms with E-state index in [1.807, 2.05) is 20.8 Å². The highest BCUT2D eigenvalue weighted by molar-refractivity contribution is 5.91. The summed E-state index contributed by atoms with van der Waals surface area (Å²) >= 11 is 0. The molecule has 0 aromatic carbocycles. The molecular weight excluding hydrogens is 248 g/mol. The Balaban J connectivity index is 2.57. The third-order valence-corrected chi connectivity index (χ3v) is 2.57. The molecule has 1 rings (SSSR count). The fourth-order valence-electron chi connectivity index (χ4n) is 1.76. The van der Waals surface area contributed by atoms with Crippen molar-refractivity contribution < 1.29 is 19.2 Å². The Bertz CT molecular complexity index is 459. The molecule has 0 saturated heterocycles. The van der Waals surface area contributed by atoms with Gasteiger partial charge in [-0.15, -0.1) is 0 Å². The number of nitrogens with zero attached hydrogens (tertiary/aromatic N) is 1. The number of rotatable bonds is 5. The third-order valence-electron chi connectivity index (χ3n) is 2.57. The van der Waals surface area contributed by atoms with Crippen LogP contribution in [0.25, 0.3) is 0 Å². The third kappa shape index (κ3) is 5.11. The highest BCUT2D eigenvalue weighted by Gasteiger charge is 2.25. The van der Waals surface area contributed by atoms with Crippen molar-refractivity contribution in [3.8, 4) is 0 Å². The standard InChI is InChI=1S/C13H20N2O4/c1-8-5-10(19-15-8)11(16)14-7-9(12(17)18)6-13(2,3)4/h5,9H,6-7H2,1-4H3,(H,14,16)(H,17,18). The minimum Gasteiger partial charge on any atom is -0.481 e. The highest BCUT2D eigenvalue weighted by Crippen LogP contribution is 2.24. The number of carbonyl (C=O) groups is 2. The van der Waals surface area contributed by atoms with Crippen molar-refractivity contribution in [2.45, 2.75) is 34.1 Å². The van der Waals surface area contributed by atoms with Gasteiger partial charge < -0.3 is 14.9 Å². The van der Waals surface area contributed by atoms with Crippen LogP contribution >= 0.6 is 0 Å². The van der Waals surface area contributed by atoms with Crippen molar-refractivity contribution in [1.29, 1.82) is 0 Å². The van der Waals surface area contributed by atoms with Gasteiger partial charge in [-0.1, -0.05) is 25.9 Å². The van der Waals surface area contributed by atoms with Gasteiger partial charge in [0.1, 0.15) is 0 Å². The summed E-state index contributed by atoms with van der Waals surface area (Å²) in [6, 6.07) is 1.51. The number of aromatic nitrogens is 1. The number of carbonyl (C=O) groups excluding carboxylic acids is 1. The predicted octanol–water partition coefficient (Wildman–Crippen LogP) is 1.85. The van der Waals surface area contributed by atoms with Crippen LogP contribution in [0, 0.1) is 18.3 Å². The van der Waals surface area contributed by atoms with Gasteiger partial charge in [-0.3, -0.25) is 9.59 Å². The molecule has 0 fully saturated rings. The summed E-state index contributed by atoms with van der Waals surface area (Å²) in [6.07, 6.45) is 0.484. The number of carboxylic acid groups (broad SMARTS) is 1. The van der Waals surface area contributed by atoms with E-state index >= 15 is 0 Å². The predicted molar refractivity (Wildman–Crippen MR) is 68.8 cm³/mol. The largest absolute Gasteiger partial charge is 0.481 e. The number of amides is 1. The SMILES string of the molecule is Cc1cc(C(=O)NCC(CC(C)(C)C)C(=O)O)on1. The average Bonchev–Trinajstić information content (AvgIpc) is 2.68. The van der Waals surface area contributed by atoms with Crippen LogP contribution in [0.4, 0.5) is 0 Å². The lowest BCUT2D eigenvalue weighted by atomic mass is 9.84. The number of aryl methyl sites for hydroxylation is 1. The van der Waals surface area contributed by atoms with Gasteiger partial charge >= 0.3 is 5.97 Å². The Hall–Kier alpha value is -1.85. The first-order valence-corrected chi connectivity index (χ1v) is 6.13. The van der Waals surface area contributed by atoms with E-state index in [1.54, 1.807) is 6.92 Å². The normalized spacial score (nSPS) is 13.1. The molecule has 0 radical (unpaired) electrons. The zero-order valence-corrected chi connectivity index (χ0v) is 11.7. The Morgan fingerprint density at radius 3 is 2.53 bits per heavy atom. The van der Waals surface area contributed by atoms with Crippen molar-refractivity contribution >= 4 is 11.9 Å². The zero-order valence-electron chi connectivity index (χ0n) is 11.7. The first kappa shape index (κ1) is 15.2. The molecule has 0 spiro atoms. The quantitative estimate of drug-likeness (QED) is 0.850. The number of hydrogen-bond acceptors (Lipinski definition) is 4. The van der Waals surface area contributed by atoms with Gasteiger partial charge in [0.15, 0.2) is 0 Å². The lowest BCUT2D eigenvalue weighted by Gasteiger charge is -2.23. The van der Waals surface area contributed by atoms with Gasteiger partial charge in [-0.25, -0.2) is 0 Å². The molecule has 2 N–H and O–H groups in total. The molecule has 1 atom stereocenters. The molecule has 1 heterocycles. The molecule has 0 aliphatic heterocycles. The second-order valence-corrected chi connectivity index (χ2v) is 5.84. The number of carboxylic acids is 1. The fourth-order valence-corrected chi connectivity index (χ4v) is 1.76. The molecule has 0 bridgehead atoms. The molecule has 1 unspecified atom stereocenters. The molecule has 106 valence electrons. The van der Waals surface area contributed by atoms with Crippen molar-refractivity contribution in [3.63, 3.8) is 0 Å². The van der Waals surface area contributed by atoms with Gasteiger partial charge in [-0.2, -0.15) is 0 Å². The summed E-state index contributed by atoms with van der Waals surface area (Å²) < 4.78 is 4.81. The molecule has 1 amide bonds. The Labute approximate surface area is 112 Å². The number of nitrogens with one attached hydrogen (secondary N) is 1. The molecule has 6 heteroatoms. The molecule has 6 nitrogen and oxygen atoms in total. The van der Waals surface area contributed by atoms with E-state index in [2.05, 4.69) is 10.5 Å². The van der Waals surface area contributed by atoms with E-state index in [0.717, 1.165) is 0 Å². The maximum Gasteiger partial charge on any atom is 0.308 e. The Kier molecular flexibility index (Phi) is 4.69. The number of aliphatic carboxylic acids is 1. The molecule has 19 heavy (non-hydrogen) atoms. The maximum absolute atomic E-state index is 11.7. The van der Waals surface area contributed by atoms with Crippen LogP contribution in [0.2, 0.25) is 0 Å². The summed E-state index contributed by atoms with van der Waals surface area (Å²) in [5.41, 5.74) is 0.492. The molecule has 0 aliphatic rings. The Morgan fingerprint density at radius 2 is 2.11 bits per heavy atom. The second-order valence-electron chi connectivity index (χ2n) is 5.84. The van der Waals surface area contributed by atoms with Crippen LogP contribution < -0.4 is 5.32 Å². The van der Waals surface area contributed by atoms with Crippen LogP contribution in [-0.2, 0) is 4.79 Å². The second kappa shape index (κ2) is 5.86. The van der Waals surface area contributed by atoms with Crippen LogP contribution in [0.1, 0.15) is 43.4 Å². The van der Waals surface area contributed by atoms with E-state index in [9.17, 15) is 9.59 Å². The van der Waals surface area contributed by atoms with Crippen LogP contribution in [0.15, 0.2) is 10.6 Å². The van der Waals surface area contributed by atoms with Crippen molar-refractivity contribution in [1.82, 2.24) is 10.5 Å². The molecule has 1 aromatic heterocycles. The molecule has 1 aromatic rings. The van der Waals surface area contributed by atoms with E-state index in [-0.39, 0.29) is 17.7 Å². The van der Waals surface area contributed by atoms with E-state index in [4.69, 9.17) is 9.63 Å². The van der Waals surface area contributed by atoms with Gasteiger partial charge in [0.05, 0.1) is 11.6 Å². The maximum atomic E-state index is 11.7. The highest BCUT2D eigenvalue weighted by atomic mass is 16.5. The van der Waals surface area contributed by atoms with Gasteiger partial charge in [0, 0.05) is 12.6 Å². The lowest BCUT2D eigenvalue weighted by molar-refractivity contribution is -0.142. The first-order valence-electron chi connectivity index (χ1n) is 6.13. The van der Waals surface area contributed by atoms with E-state index in [1.165, 1.54) is 6.07 Å². The summed E-state index contributed by atoms with van der Waals surface area (Å²) in [7, 11) is 0. The van der Waals surface area contributed by atoms with Gasteiger partial charge in [0.2, 0.25) is 5.76 Å². The lowest BCUT2D eigenvalue weighted by Crippen LogP contribution is -2.34. The average molecular weight is 268 g/mol. The fraction of sp³-hybridized carbons (Fsp3) is 0.615. The van der Waals surface area contributed by atoms with Crippen molar-refractivity contribution in [2.24, 2.45) is 11.3 Å².